The van der Waals surface area contributed by atoms with Crippen LogP contribution in [0.2, 0.25) is 0 Å². The van der Waals surface area contributed by atoms with Gasteiger partial charge in [-0.1, -0.05) is 51.1 Å². The monoisotopic (exact) mass is 257 g/mol. The van der Waals surface area contributed by atoms with Crippen LogP contribution in [0.1, 0.15) is 51.0 Å². The summed E-state index contributed by atoms with van der Waals surface area (Å²) in [6.07, 6.45) is 1.79. The Labute approximate surface area is 115 Å². The lowest BCUT2D eigenvalue weighted by atomic mass is 9.82. The van der Waals surface area contributed by atoms with E-state index in [1.165, 1.54) is 5.56 Å². The second-order valence-corrected chi connectivity index (χ2v) is 6.11. The molecule has 1 aromatic heterocycles. The van der Waals surface area contributed by atoms with Gasteiger partial charge >= 0.3 is 0 Å². The van der Waals surface area contributed by atoms with Crippen LogP contribution in [0.25, 0.3) is 0 Å². The molecule has 0 aliphatic rings. The average molecular weight is 257 g/mol. The summed E-state index contributed by atoms with van der Waals surface area (Å²) in [4.78, 5) is 0. The minimum absolute atomic E-state index is 0.148. The van der Waals surface area contributed by atoms with Crippen molar-refractivity contribution in [3.05, 3.63) is 53.9 Å². The maximum absolute atomic E-state index is 4.02. The molecule has 0 saturated heterocycles. The highest BCUT2D eigenvalue weighted by Crippen LogP contribution is 2.34. The van der Waals surface area contributed by atoms with Crippen LogP contribution in [0.3, 0.4) is 0 Å². The van der Waals surface area contributed by atoms with Crippen LogP contribution in [0.5, 0.6) is 0 Å². The number of rotatable bonds is 4. The molecule has 2 atom stereocenters. The average Bonchev–Trinajstić information content (AvgIpc) is 2.89. The van der Waals surface area contributed by atoms with E-state index in [9.17, 15) is 0 Å². The first kappa shape index (κ1) is 13.8. The van der Waals surface area contributed by atoms with Gasteiger partial charge in [0.05, 0.1) is 5.69 Å². The molecule has 2 N–H and O–H groups in total. The van der Waals surface area contributed by atoms with Crippen molar-refractivity contribution >= 4 is 0 Å². The Morgan fingerprint density at radius 1 is 1.11 bits per heavy atom. The van der Waals surface area contributed by atoms with Gasteiger partial charge in [0.15, 0.2) is 0 Å². The third-order valence-corrected chi connectivity index (χ3v) is 3.40. The normalized spacial score (nSPS) is 15.2. The predicted octanol–water partition coefficient (Wildman–Crippen LogP) is 3.85. The van der Waals surface area contributed by atoms with E-state index in [1.54, 1.807) is 6.20 Å². The van der Waals surface area contributed by atoms with E-state index in [1.807, 2.05) is 6.07 Å². The van der Waals surface area contributed by atoms with Gasteiger partial charge in [-0.15, -0.1) is 0 Å². The van der Waals surface area contributed by atoms with Crippen molar-refractivity contribution < 1.29 is 0 Å². The smallest absolute Gasteiger partial charge is 0.0518 e. The van der Waals surface area contributed by atoms with E-state index >= 15 is 0 Å². The number of nitrogens with one attached hydrogen (secondary N) is 2. The van der Waals surface area contributed by atoms with Crippen LogP contribution in [0.4, 0.5) is 0 Å². The molecule has 0 bridgehead atoms. The molecule has 2 rings (SSSR count). The molecule has 2 aromatic rings. The quantitative estimate of drug-likeness (QED) is 0.873. The van der Waals surface area contributed by atoms with Gasteiger partial charge in [0.2, 0.25) is 0 Å². The van der Waals surface area contributed by atoms with Gasteiger partial charge < -0.3 is 5.32 Å². The fraction of sp³-hybridized carbons (Fsp3) is 0.438. The zero-order valence-electron chi connectivity index (χ0n) is 12.1. The van der Waals surface area contributed by atoms with Crippen LogP contribution < -0.4 is 5.32 Å². The van der Waals surface area contributed by atoms with Crippen LogP contribution in [-0.2, 0) is 0 Å². The molecule has 0 radical (unpaired) electrons. The first-order chi connectivity index (χ1) is 8.98. The standard InChI is InChI=1S/C16H23N3/c1-12(14-10-11-17-19-14)18-15(16(2,3)4)13-8-6-5-7-9-13/h5-12,15,18H,1-4H3,(H,17,19). The highest BCUT2D eigenvalue weighted by molar-refractivity contribution is 5.21. The van der Waals surface area contributed by atoms with E-state index in [0.29, 0.717) is 6.04 Å². The zero-order valence-corrected chi connectivity index (χ0v) is 12.1. The van der Waals surface area contributed by atoms with E-state index in [4.69, 9.17) is 0 Å². The Morgan fingerprint density at radius 2 is 1.79 bits per heavy atom. The fourth-order valence-corrected chi connectivity index (χ4v) is 2.34. The number of aromatic nitrogens is 2. The lowest BCUT2D eigenvalue weighted by Gasteiger charge is -2.34. The SMILES string of the molecule is CC(NC(c1ccccc1)C(C)(C)C)c1ccn[nH]1. The molecule has 0 aliphatic heterocycles. The summed E-state index contributed by atoms with van der Waals surface area (Å²) < 4.78 is 0. The minimum Gasteiger partial charge on any atom is -0.301 e. The molecule has 0 aliphatic carbocycles. The van der Waals surface area contributed by atoms with Crippen molar-refractivity contribution in [2.24, 2.45) is 5.41 Å². The molecule has 0 saturated carbocycles. The van der Waals surface area contributed by atoms with Crippen molar-refractivity contribution in [3.63, 3.8) is 0 Å². The number of hydrogen-bond acceptors (Lipinski definition) is 2. The molecule has 1 aromatic carbocycles. The molecule has 2 unspecified atom stereocenters. The van der Waals surface area contributed by atoms with Gasteiger partial charge in [0.25, 0.3) is 0 Å². The minimum atomic E-state index is 0.148. The third kappa shape index (κ3) is 3.44. The Hall–Kier alpha value is -1.61. The summed E-state index contributed by atoms with van der Waals surface area (Å²) >= 11 is 0. The number of hydrogen-bond donors (Lipinski definition) is 2. The number of nitrogens with zero attached hydrogens (tertiary/aromatic N) is 1. The largest absolute Gasteiger partial charge is 0.301 e. The van der Waals surface area contributed by atoms with E-state index in [0.717, 1.165) is 5.69 Å². The molecule has 0 spiro atoms. The topological polar surface area (TPSA) is 40.7 Å². The summed E-state index contributed by atoms with van der Waals surface area (Å²) in [5, 5.41) is 10.8. The third-order valence-electron chi connectivity index (χ3n) is 3.40. The number of aromatic amines is 1. The van der Waals surface area contributed by atoms with Crippen molar-refractivity contribution in [1.82, 2.24) is 15.5 Å². The second kappa shape index (κ2) is 5.57. The summed E-state index contributed by atoms with van der Waals surface area (Å²) in [6, 6.07) is 13.2. The summed E-state index contributed by atoms with van der Waals surface area (Å²) in [7, 11) is 0. The lowest BCUT2D eigenvalue weighted by Crippen LogP contribution is -2.34. The van der Waals surface area contributed by atoms with Crippen LogP contribution in [0, 0.1) is 5.41 Å². The summed E-state index contributed by atoms with van der Waals surface area (Å²) in [5.74, 6) is 0. The van der Waals surface area contributed by atoms with Crippen molar-refractivity contribution in [1.29, 1.82) is 0 Å². The Bertz CT molecular complexity index is 482. The Morgan fingerprint density at radius 3 is 2.32 bits per heavy atom. The Kier molecular flexibility index (Phi) is 4.05. The van der Waals surface area contributed by atoms with Crippen molar-refractivity contribution in [2.75, 3.05) is 0 Å². The number of H-pyrrole nitrogens is 1. The van der Waals surface area contributed by atoms with E-state index in [-0.39, 0.29) is 11.5 Å². The summed E-state index contributed by atoms with van der Waals surface area (Å²) in [5.41, 5.74) is 2.59. The van der Waals surface area contributed by atoms with E-state index in [2.05, 4.69) is 73.5 Å². The van der Waals surface area contributed by atoms with Gasteiger partial charge in [0, 0.05) is 18.3 Å². The predicted molar refractivity (Wildman–Crippen MR) is 78.8 cm³/mol. The van der Waals surface area contributed by atoms with Gasteiger partial charge in [-0.2, -0.15) is 5.10 Å². The summed E-state index contributed by atoms with van der Waals surface area (Å²) in [6.45, 7) is 8.95. The maximum Gasteiger partial charge on any atom is 0.0518 e. The number of benzene rings is 1. The maximum atomic E-state index is 4.02. The van der Waals surface area contributed by atoms with Gasteiger partial charge in [-0.3, -0.25) is 5.10 Å². The molecular weight excluding hydrogens is 234 g/mol. The first-order valence-electron chi connectivity index (χ1n) is 6.79. The van der Waals surface area contributed by atoms with Crippen molar-refractivity contribution in [3.8, 4) is 0 Å². The van der Waals surface area contributed by atoms with E-state index < -0.39 is 0 Å². The van der Waals surface area contributed by atoms with Gasteiger partial charge in [-0.25, -0.2) is 0 Å². The molecule has 3 heteroatoms. The van der Waals surface area contributed by atoms with Crippen LogP contribution >= 0.6 is 0 Å². The highest BCUT2D eigenvalue weighted by atomic mass is 15.1. The van der Waals surface area contributed by atoms with Crippen LogP contribution in [0.15, 0.2) is 42.6 Å². The second-order valence-electron chi connectivity index (χ2n) is 6.11. The lowest BCUT2D eigenvalue weighted by molar-refractivity contribution is 0.253. The van der Waals surface area contributed by atoms with Crippen LogP contribution in [-0.4, -0.2) is 10.2 Å². The zero-order chi connectivity index (χ0) is 13.9. The first-order valence-corrected chi connectivity index (χ1v) is 6.79. The molecule has 0 fully saturated rings. The Balaban J connectivity index is 2.20. The molecule has 1 heterocycles. The fourth-order valence-electron chi connectivity index (χ4n) is 2.34. The molecule has 19 heavy (non-hydrogen) atoms. The van der Waals surface area contributed by atoms with Gasteiger partial charge in [0.1, 0.15) is 0 Å². The van der Waals surface area contributed by atoms with Gasteiger partial charge in [-0.05, 0) is 24.0 Å². The molecule has 0 amide bonds. The van der Waals surface area contributed by atoms with Crippen molar-refractivity contribution in [2.45, 2.75) is 39.8 Å². The molecule has 102 valence electrons. The molecular formula is C16H23N3. The highest BCUT2D eigenvalue weighted by Gasteiger charge is 2.27. The molecule has 3 nitrogen and oxygen atoms in total.